The van der Waals surface area contributed by atoms with E-state index in [2.05, 4.69) is 221 Å². The van der Waals surface area contributed by atoms with Crippen LogP contribution in [0.5, 0.6) is 0 Å². The topological polar surface area (TPSA) is 14.1 Å². The summed E-state index contributed by atoms with van der Waals surface area (Å²) in [6, 6.07) is 65.0. The third-order valence-corrected chi connectivity index (χ3v) is 17.9. The zero-order valence-corrected chi connectivity index (χ0v) is 34.1. The van der Waals surface area contributed by atoms with Gasteiger partial charge in [0.2, 0.25) is 0 Å². The Balaban J connectivity index is 0.000000207. The predicted octanol–water partition coefficient (Wildman–Crippen LogP) is 9.38. The Bertz CT molecular complexity index is 1380. The molecule has 0 aliphatic rings. The van der Waals surface area contributed by atoms with Crippen molar-refractivity contribution in [2.75, 3.05) is 0 Å². The molecule has 0 bridgehead atoms. The van der Waals surface area contributed by atoms with Crippen molar-refractivity contribution in [3.63, 3.8) is 0 Å². The third kappa shape index (κ3) is 13.5. The molecule has 249 valence electrons. The number of nitrogens with zero attached hydrogens (tertiary/aromatic N) is 1. The average molecular weight is 746 g/mol. The van der Waals surface area contributed by atoms with E-state index in [-0.39, 0.29) is 16.8 Å². The molecule has 48 heavy (non-hydrogen) atoms. The van der Waals surface area contributed by atoms with Crippen LogP contribution in [0.2, 0.25) is 39.3 Å². The second-order valence-corrected chi connectivity index (χ2v) is 27.9. The fourth-order valence-electron chi connectivity index (χ4n) is 5.64. The Labute approximate surface area is 305 Å². The van der Waals surface area contributed by atoms with E-state index in [1.807, 2.05) is 0 Å². The standard InChI is InChI=1S/2C18H15P.C6H18NSi2.Co/c2*1-4-10-16(11-5-1)19(17-12-6-2-7-13-17)18-14-8-3-9-15-18;1-8(2,3)7-9(4,5)6;/h2*1-15H;1-6H3;/q;;-1;/p+2. The summed E-state index contributed by atoms with van der Waals surface area (Å²) in [6.45, 7) is 13.8. The van der Waals surface area contributed by atoms with Crippen molar-refractivity contribution >= 4 is 64.1 Å². The summed E-state index contributed by atoms with van der Waals surface area (Å²) in [4.78, 5) is 0. The molecule has 0 saturated carbocycles. The van der Waals surface area contributed by atoms with Gasteiger partial charge in [-0.05, 0) is 72.8 Å². The number of hydrogen-bond acceptors (Lipinski definition) is 0. The van der Waals surface area contributed by atoms with E-state index >= 15 is 0 Å². The number of rotatable bonds is 8. The Morgan fingerprint density at radius 2 is 0.438 bits per heavy atom. The minimum atomic E-state index is -1.11. The molecule has 6 rings (SSSR count). The minimum absolute atomic E-state index is 0. The number of benzene rings is 6. The largest absolute Gasteiger partial charge is 0.668 e. The van der Waals surface area contributed by atoms with Crippen molar-refractivity contribution in [2.24, 2.45) is 0 Å². The quantitative estimate of drug-likeness (QED) is 0.109. The Kier molecular flexibility index (Phi) is 16.4. The van der Waals surface area contributed by atoms with Gasteiger partial charge in [-0.1, -0.05) is 165 Å². The minimum Gasteiger partial charge on any atom is -0.668 e. The Morgan fingerprint density at radius 1 is 0.292 bits per heavy atom. The SMILES string of the molecule is C[Si](C)(C)[N-][Si](C)(C)C.[Co].c1ccc([PH+](c2ccccc2)c2ccccc2)cc1.c1ccc([PH+](c2ccccc2)c2ccccc2)cc1. The van der Waals surface area contributed by atoms with Crippen molar-refractivity contribution in [3.8, 4) is 0 Å². The van der Waals surface area contributed by atoms with Crippen LogP contribution in [0.1, 0.15) is 0 Å². The van der Waals surface area contributed by atoms with Gasteiger partial charge < -0.3 is 4.65 Å². The van der Waals surface area contributed by atoms with Gasteiger partial charge in [0.1, 0.15) is 31.8 Å². The molecule has 0 aliphatic heterocycles. The van der Waals surface area contributed by atoms with Crippen LogP contribution in [0.4, 0.5) is 0 Å². The summed E-state index contributed by atoms with van der Waals surface area (Å²) < 4.78 is 4.82. The molecule has 6 aromatic carbocycles. The van der Waals surface area contributed by atoms with Gasteiger partial charge in [-0.15, -0.1) is 0 Å². The van der Waals surface area contributed by atoms with Gasteiger partial charge in [-0.25, -0.2) is 0 Å². The van der Waals surface area contributed by atoms with Crippen LogP contribution < -0.4 is 31.8 Å². The van der Waals surface area contributed by atoms with E-state index in [0.717, 1.165) is 0 Å². The molecule has 0 amide bonds. The van der Waals surface area contributed by atoms with E-state index in [4.69, 9.17) is 4.65 Å². The molecule has 0 spiro atoms. The second-order valence-electron chi connectivity index (χ2n) is 13.4. The van der Waals surface area contributed by atoms with Gasteiger partial charge in [0, 0.05) is 16.8 Å². The first-order valence-corrected chi connectivity index (χ1v) is 26.3. The van der Waals surface area contributed by atoms with E-state index in [0.29, 0.717) is 0 Å². The number of hydrogen-bond donors (Lipinski definition) is 0. The average Bonchev–Trinajstić information content (AvgIpc) is 3.07. The summed E-state index contributed by atoms with van der Waals surface area (Å²) in [5.41, 5.74) is 0. The van der Waals surface area contributed by atoms with Crippen molar-refractivity contribution < 1.29 is 16.8 Å². The molecule has 0 N–H and O–H groups in total. The summed E-state index contributed by atoms with van der Waals surface area (Å²) >= 11 is 0. The van der Waals surface area contributed by atoms with Crippen LogP contribution in [-0.2, 0) is 16.8 Å². The first-order chi connectivity index (χ1) is 22.6. The second kappa shape index (κ2) is 19.9. The molecular formula is C42H50CoNP2Si2+. The Hall–Kier alpha value is -2.92. The maximum absolute atomic E-state index is 4.82. The van der Waals surface area contributed by atoms with E-state index in [9.17, 15) is 0 Å². The van der Waals surface area contributed by atoms with Crippen molar-refractivity contribution in [1.82, 2.24) is 0 Å². The summed E-state index contributed by atoms with van der Waals surface area (Å²) in [7, 11) is -3.97. The van der Waals surface area contributed by atoms with Crippen LogP contribution in [0.3, 0.4) is 0 Å². The summed E-state index contributed by atoms with van der Waals surface area (Å²) in [5.74, 6) is 0. The first kappa shape index (κ1) is 39.5. The van der Waals surface area contributed by atoms with Gasteiger partial charge in [-0.2, -0.15) is 0 Å². The van der Waals surface area contributed by atoms with E-state index in [1.54, 1.807) is 0 Å². The molecule has 6 heteroatoms. The molecule has 1 radical (unpaired) electrons. The van der Waals surface area contributed by atoms with Gasteiger partial charge in [0.05, 0.1) is 15.8 Å². The van der Waals surface area contributed by atoms with Crippen molar-refractivity contribution in [3.05, 3.63) is 187 Å². The predicted molar refractivity (Wildman–Crippen MR) is 223 cm³/mol. The molecule has 1 nitrogen and oxygen atoms in total. The summed E-state index contributed by atoms with van der Waals surface area (Å²) in [6.07, 6.45) is 0. The van der Waals surface area contributed by atoms with Crippen LogP contribution in [0, 0.1) is 0 Å². The van der Waals surface area contributed by atoms with Gasteiger partial charge in [0.15, 0.2) is 0 Å². The monoisotopic (exact) mass is 745 g/mol. The normalized spacial score (nSPS) is 11.0. The molecule has 0 heterocycles. The molecule has 0 atom stereocenters. The Morgan fingerprint density at radius 3 is 0.542 bits per heavy atom. The molecule has 0 saturated heterocycles. The fourth-order valence-corrected chi connectivity index (χ4v) is 18.8. The van der Waals surface area contributed by atoms with Gasteiger partial charge >= 0.3 is 0 Å². The molecule has 6 aromatic rings. The van der Waals surface area contributed by atoms with Crippen LogP contribution in [0.25, 0.3) is 4.65 Å². The smallest absolute Gasteiger partial charge is 0.102 e. The molecular weight excluding hydrogens is 696 g/mol. The van der Waals surface area contributed by atoms with Crippen molar-refractivity contribution in [1.29, 1.82) is 0 Å². The maximum atomic E-state index is 4.82. The van der Waals surface area contributed by atoms with Crippen LogP contribution in [-0.4, -0.2) is 16.5 Å². The van der Waals surface area contributed by atoms with Crippen molar-refractivity contribution in [2.45, 2.75) is 39.3 Å². The van der Waals surface area contributed by atoms with Gasteiger partial charge in [-0.3, -0.25) is 0 Å². The molecule has 0 aromatic heterocycles. The molecule has 0 aliphatic carbocycles. The maximum Gasteiger partial charge on any atom is 0.102 e. The summed E-state index contributed by atoms with van der Waals surface area (Å²) in [5, 5.41) is 8.61. The van der Waals surface area contributed by atoms with Gasteiger partial charge in [0.25, 0.3) is 0 Å². The zero-order valence-electron chi connectivity index (χ0n) is 29.1. The van der Waals surface area contributed by atoms with E-state index in [1.165, 1.54) is 31.8 Å². The molecule has 0 fully saturated rings. The van der Waals surface area contributed by atoms with Crippen LogP contribution in [0.15, 0.2) is 182 Å². The zero-order chi connectivity index (χ0) is 33.5. The van der Waals surface area contributed by atoms with Crippen LogP contribution >= 0.6 is 15.8 Å². The first-order valence-electron chi connectivity index (χ1n) is 16.4. The molecule has 0 unspecified atom stereocenters. The van der Waals surface area contributed by atoms with E-state index < -0.39 is 32.3 Å². The fraction of sp³-hybridized carbons (Fsp3) is 0.143. The third-order valence-electron chi connectivity index (χ3n) is 7.05.